The summed E-state index contributed by atoms with van der Waals surface area (Å²) in [5.41, 5.74) is 0.820. The van der Waals surface area contributed by atoms with Gasteiger partial charge in [-0.1, -0.05) is 90.9 Å². The molecule has 0 spiro atoms. The quantitative estimate of drug-likeness (QED) is 0.370. The third-order valence-electron chi connectivity index (χ3n) is 7.85. The molecule has 3 aliphatic rings. The summed E-state index contributed by atoms with van der Waals surface area (Å²) in [5.74, 6) is 0. The number of piperidine rings is 3. The first-order valence-electron chi connectivity index (χ1n) is 14.1. The summed E-state index contributed by atoms with van der Waals surface area (Å²) in [6.45, 7) is 4.14. The van der Waals surface area contributed by atoms with E-state index in [9.17, 15) is 5.11 Å². The second-order valence-electron chi connectivity index (χ2n) is 9.36. The van der Waals surface area contributed by atoms with E-state index in [0.717, 1.165) is 61.1 Å². The Labute approximate surface area is 215 Å². The van der Waals surface area contributed by atoms with Crippen LogP contribution in [0.2, 0.25) is 0 Å². The number of hydrogen-bond acceptors (Lipinski definition) is 2. The van der Waals surface area contributed by atoms with Crippen molar-refractivity contribution >= 4 is 0 Å². The summed E-state index contributed by atoms with van der Waals surface area (Å²) in [7, 11) is 0. The van der Waals surface area contributed by atoms with Gasteiger partial charge in [-0.2, -0.15) is 0 Å². The highest BCUT2D eigenvalue weighted by Crippen LogP contribution is 2.57. The fourth-order valence-corrected chi connectivity index (χ4v) is 5.86. The molecule has 0 saturated carbocycles. The van der Waals surface area contributed by atoms with Crippen LogP contribution in [0.5, 0.6) is 0 Å². The number of aliphatic hydroxyl groups is 1. The van der Waals surface area contributed by atoms with Crippen LogP contribution in [0.4, 0.5) is 0 Å². The molecule has 3 aromatic carbocycles. The second-order valence-corrected chi connectivity index (χ2v) is 9.36. The molecule has 3 nitrogen and oxygen atoms in total. The molecule has 0 amide bonds. The lowest BCUT2D eigenvalue weighted by molar-refractivity contribution is -0.946. The van der Waals surface area contributed by atoms with Crippen molar-refractivity contribution in [1.82, 2.24) is 0 Å². The minimum atomic E-state index is -1.05. The van der Waals surface area contributed by atoms with Crippen molar-refractivity contribution in [3.05, 3.63) is 108 Å². The zero-order chi connectivity index (χ0) is 26.3. The van der Waals surface area contributed by atoms with E-state index in [1.165, 1.54) is 0 Å². The Morgan fingerprint density at radius 2 is 1.36 bits per heavy atom. The van der Waals surface area contributed by atoms with Crippen LogP contribution in [-0.2, 0) is 16.9 Å². The molecule has 3 fully saturated rings. The van der Waals surface area contributed by atoms with Crippen LogP contribution in [0.15, 0.2) is 90.9 Å². The van der Waals surface area contributed by atoms with Crippen LogP contribution in [0, 0.1) is 5.41 Å². The van der Waals surface area contributed by atoms with Crippen LogP contribution in [0.3, 0.4) is 0 Å². The van der Waals surface area contributed by atoms with Crippen molar-refractivity contribution < 1.29 is 38.2 Å². The number of fused-ring (bicyclic) bond motifs is 3. The number of nitrogens with zero attached hydrogens (tertiary/aromatic N) is 1. The third kappa shape index (κ3) is 4.54. The van der Waals surface area contributed by atoms with Gasteiger partial charge in [0.05, 0.1) is 39.7 Å². The fourth-order valence-electron chi connectivity index (χ4n) is 5.86. The number of benzene rings is 3. The molecule has 174 valence electrons. The van der Waals surface area contributed by atoms with Crippen LogP contribution >= 0.6 is 0 Å². The highest BCUT2D eigenvalue weighted by atomic mass is 79.9. The number of quaternary nitrogens is 1. The van der Waals surface area contributed by atoms with Crippen molar-refractivity contribution in [1.29, 1.82) is 0 Å². The highest BCUT2D eigenvalue weighted by Gasteiger charge is 2.60. The first kappa shape index (κ1) is 18.4. The molecule has 1 N–H and O–H groups in total. The van der Waals surface area contributed by atoms with Crippen molar-refractivity contribution in [3.63, 3.8) is 0 Å². The van der Waals surface area contributed by atoms with Gasteiger partial charge in [0.1, 0.15) is 12.1 Å². The van der Waals surface area contributed by atoms with E-state index in [-0.39, 0.29) is 64.8 Å². The van der Waals surface area contributed by atoms with E-state index in [1.807, 2.05) is 60.7 Å². The average molecular weight is 514 g/mol. The number of hydrogen-bond donors (Lipinski definition) is 1. The minimum absolute atomic E-state index is 0. The molecular weight excluding hydrogens is 474 g/mol. The van der Waals surface area contributed by atoms with Gasteiger partial charge >= 0.3 is 0 Å². The summed E-state index contributed by atoms with van der Waals surface area (Å²) in [6, 6.07) is 18.7. The topological polar surface area (TPSA) is 29.5 Å². The van der Waals surface area contributed by atoms with E-state index in [1.54, 1.807) is 0 Å². The Kier molecular flexibility index (Phi) is 5.62. The van der Waals surface area contributed by atoms with E-state index in [4.69, 9.17) is 11.6 Å². The lowest BCUT2D eigenvalue weighted by Gasteiger charge is -2.60. The molecule has 3 heterocycles. The largest absolute Gasteiger partial charge is 1.00 e. The molecule has 0 atom stereocenters. The molecule has 4 heteroatoms. The lowest BCUT2D eigenvalue weighted by Crippen LogP contribution is -3.00. The van der Waals surface area contributed by atoms with E-state index in [0.29, 0.717) is 6.61 Å². The fraction of sp³-hybridized carbons (Fsp3) is 0.379. The predicted molar refractivity (Wildman–Crippen MR) is 128 cm³/mol. The molecule has 2 bridgehead atoms. The molecule has 3 saturated heterocycles. The SMILES string of the molecule is [2H]c1c([2H])c([2H])c(COCC[N+]23CCC(C(O)(c4ccccc4)c4ccccc4)(CC2)CC3)c([2H])c1[2H].[Br-]. The zero-order valence-corrected chi connectivity index (χ0v) is 20.4. The van der Waals surface area contributed by atoms with Crippen molar-refractivity contribution in [2.45, 2.75) is 31.5 Å². The van der Waals surface area contributed by atoms with Gasteiger partial charge in [-0.15, -0.1) is 0 Å². The van der Waals surface area contributed by atoms with Crippen molar-refractivity contribution in [2.75, 3.05) is 32.8 Å². The van der Waals surface area contributed by atoms with E-state index in [2.05, 4.69) is 0 Å². The van der Waals surface area contributed by atoms with Crippen LogP contribution in [0.1, 0.15) is 42.8 Å². The summed E-state index contributed by atoms with van der Waals surface area (Å²) in [4.78, 5) is 0. The van der Waals surface area contributed by atoms with Gasteiger partial charge in [0.25, 0.3) is 0 Å². The number of halogens is 1. The van der Waals surface area contributed by atoms with Gasteiger partial charge in [-0.25, -0.2) is 0 Å². The molecule has 0 aromatic heterocycles. The monoisotopic (exact) mass is 512 g/mol. The van der Waals surface area contributed by atoms with Gasteiger partial charge < -0.3 is 31.3 Å². The Hall–Kier alpha value is -1.98. The Morgan fingerprint density at radius 1 is 0.848 bits per heavy atom. The second kappa shape index (κ2) is 10.1. The third-order valence-corrected chi connectivity index (χ3v) is 7.85. The normalized spacial score (nSPS) is 26.4. The summed E-state index contributed by atoms with van der Waals surface area (Å²) < 4.78 is 46.4. The maximum atomic E-state index is 12.5. The van der Waals surface area contributed by atoms with Gasteiger partial charge in [0.2, 0.25) is 0 Å². The highest BCUT2D eigenvalue weighted by molar-refractivity contribution is 5.39. The van der Waals surface area contributed by atoms with Gasteiger partial charge in [-0.05, 0) is 16.7 Å². The standard InChI is InChI=1S/C29H34NO2.BrH/c31-29(26-12-6-2-7-13-26,27-14-8-3-9-15-27)28-16-19-30(20-17-28,21-18-28)22-23-32-24-25-10-4-1-5-11-25;/h1-15,31H,16-24H2;1H/q+1;/p-1/i1D,4D,5D,10D,11D;. The van der Waals surface area contributed by atoms with Gasteiger partial charge in [0, 0.05) is 24.7 Å². The van der Waals surface area contributed by atoms with Gasteiger partial charge in [-0.3, -0.25) is 0 Å². The van der Waals surface area contributed by atoms with E-state index < -0.39 is 5.60 Å². The maximum absolute atomic E-state index is 12.5. The van der Waals surface area contributed by atoms with E-state index >= 15 is 0 Å². The predicted octanol–water partition coefficient (Wildman–Crippen LogP) is 2.14. The molecule has 33 heavy (non-hydrogen) atoms. The maximum Gasteiger partial charge on any atom is 0.121 e. The zero-order valence-electron chi connectivity index (χ0n) is 23.8. The van der Waals surface area contributed by atoms with Crippen LogP contribution in [-0.4, -0.2) is 42.4 Å². The van der Waals surface area contributed by atoms with Gasteiger partial charge in [0.15, 0.2) is 0 Å². The number of rotatable bonds is 8. The number of ether oxygens (including phenoxy) is 1. The molecule has 0 unspecified atom stereocenters. The molecule has 6 rings (SSSR count). The smallest absolute Gasteiger partial charge is 0.121 e. The first-order valence-corrected chi connectivity index (χ1v) is 11.6. The Balaban J connectivity index is 0.00000336. The van der Waals surface area contributed by atoms with Crippen LogP contribution < -0.4 is 17.0 Å². The summed E-state index contributed by atoms with van der Waals surface area (Å²) >= 11 is 0. The summed E-state index contributed by atoms with van der Waals surface area (Å²) in [5, 5.41) is 12.5. The Morgan fingerprint density at radius 3 is 1.88 bits per heavy atom. The average Bonchev–Trinajstić information content (AvgIpc) is 2.96. The first-order chi connectivity index (χ1) is 17.7. The molecule has 0 aliphatic carbocycles. The summed E-state index contributed by atoms with van der Waals surface area (Å²) in [6.07, 6.45) is 2.74. The Bertz CT molecular complexity index is 1180. The molecular formula is C29H34BrNO2. The molecule has 0 radical (unpaired) electrons. The lowest BCUT2D eigenvalue weighted by atomic mass is 9.56. The molecule has 3 aliphatic heterocycles. The van der Waals surface area contributed by atoms with Crippen LogP contribution in [0.25, 0.3) is 0 Å². The van der Waals surface area contributed by atoms with Crippen molar-refractivity contribution in [2.24, 2.45) is 5.41 Å². The van der Waals surface area contributed by atoms with Crippen molar-refractivity contribution in [3.8, 4) is 0 Å². The minimum Gasteiger partial charge on any atom is -1.00 e. The molecule has 3 aromatic rings.